The van der Waals surface area contributed by atoms with Crippen LogP contribution >= 0.6 is 0 Å². The monoisotopic (exact) mass is 237 g/mol. The smallest absolute Gasteiger partial charge is 0.0579 e. The van der Waals surface area contributed by atoms with Crippen LogP contribution < -0.4 is 5.32 Å². The summed E-state index contributed by atoms with van der Waals surface area (Å²) in [7, 11) is 0. The predicted octanol–water partition coefficient (Wildman–Crippen LogP) is 3.54. The molecule has 92 valence electrons. The largest absolute Gasteiger partial charge is 0.306 e. The lowest BCUT2D eigenvalue weighted by atomic mass is 9.89. The van der Waals surface area contributed by atoms with Crippen LogP contribution in [-0.2, 0) is 6.42 Å². The van der Waals surface area contributed by atoms with E-state index in [0.717, 1.165) is 13.0 Å². The second-order valence-electron chi connectivity index (χ2n) is 5.18. The molecule has 0 spiro atoms. The predicted molar refractivity (Wildman–Crippen MR) is 75.9 cm³/mol. The normalized spacial score (nSPS) is 18.4. The van der Waals surface area contributed by atoms with Crippen LogP contribution in [-0.4, -0.2) is 6.54 Å². The summed E-state index contributed by atoms with van der Waals surface area (Å²) in [6, 6.07) is 15.9. The van der Waals surface area contributed by atoms with E-state index < -0.39 is 0 Å². The highest BCUT2D eigenvalue weighted by atomic mass is 14.9. The van der Waals surface area contributed by atoms with E-state index in [1.807, 2.05) is 0 Å². The van der Waals surface area contributed by atoms with Crippen LogP contribution in [0.4, 0.5) is 0 Å². The number of aryl methyl sites for hydroxylation is 2. The van der Waals surface area contributed by atoms with Crippen LogP contribution in [0.3, 0.4) is 0 Å². The van der Waals surface area contributed by atoms with Crippen molar-refractivity contribution < 1.29 is 0 Å². The lowest BCUT2D eigenvalue weighted by Gasteiger charge is -2.27. The molecular formula is C17H19N. The fraction of sp³-hybridized carbons (Fsp3) is 0.294. The number of benzene rings is 2. The van der Waals surface area contributed by atoms with Crippen molar-refractivity contribution in [1.82, 2.24) is 5.32 Å². The minimum atomic E-state index is 0.356. The van der Waals surface area contributed by atoms with Crippen molar-refractivity contribution in [2.45, 2.75) is 26.3 Å². The molecular weight excluding hydrogens is 218 g/mol. The van der Waals surface area contributed by atoms with Gasteiger partial charge < -0.3 is 5.32 Å². The minimum Gasteiger partial charge on any atom is -0.306 e. The van der Waals surface area contributed by atoms with Crippen LogP contribution in [0.5, 0.6) is 0 Å². The molecule has 1 atom stereocenters. The molecule has 0 aliphatic carbocycles. The highest BCUT2D eigenvalue weighted by Gasteiger charge is 2.20. The number of rotatable bonds is 1. The Hall–Kier alpha value is -1.60. The van der Waals surface area contributed by atoms with Gasteiger partial charge in [0.15, 0.2) is 0 Å². The zero-order chi connectivity index (χ0) is 12.5. The SMILES string of the molecule is Cc1ccc(C2NCCc3ccccc32)cc1C. The Morgan fingerprint density at radius 1 is 1.00 bits per heavy atom. The van der Waals surface area contributed by atoms with Crippen LogP contribution in [0.25, 0.3) is 0 Å². The van der Waals surface area contributed by atoms with Gasteiger partial charge in [-0.2, -0.15) is 0 Å². The van der Waals surface area contributed by atoms with Gasteiger partial charge in [-0.1, -0.05) is 42.5 Å². The van der Waals surface area contributed by atoms with E-state index in [-0.39, 0.29) is 0 Å². The van der Waals surface area contributed by atoms with E-state index in [0.29, 0.717) is 6.04 Å². The van der Waals surface area contributed by atoms with Gasteiger partial charge in [0, 0.05) is 6.54 Å². The third-order valence-corrected chi connectivity index (χ3v) is 3.97. The van der Waals surface area contributed by atoms with E-state index >= 15 is 0 Å². The first kappa shape index (κ1) is 11.5. The molecule has 1 aliphatic rings. The molecule has 0 aromatic heterocycles. The summed E-state index contributed by atoms with van der Waals surface area (Å²) >= 11 is 0. The van der Waals surface area contributed by atoms with E-state index in [2.05, 4.69) is 61.6 Å². The molecule has 0 radical (unpaired) electrons. The summed E-state index contributed by atoms with van der Waals surface area (Å²) in [6.45, 7) is 5.42. The van der Waals surface area contributed by atoms with E-state index in [1.54, 1.807) is 0 Å². The Kier molecular flexibility index (Phi) is 2.92. The third-order valence-electron chi connectivity index (χ3n) is 3.97. The van der Waals surface area contributed by atoms with Gasteiger partial charge >= 0.3 is 0 Å². The van der Waals surface area contributed by atoms with Gasteiger partial charge in [-0.3, -0.25) is 0 Å². The zero-order valence-electron chi connectivity index (χ0n) is 11.0. The standard InChI is InChI=1S/C17H19N/c1-12-7-8-15(11-13(12)2)17-16-6-4-3-5-14(16)9-10-18-17/h3-8,11,17-18H,9-10H2,1-2H3. The number of nitrogens with one attached hydrogen (secondary N) is 1. The van der Waals surface area contributed by atoms with Gasteiger partial charge in [-0.05, 0) is 48.1 Å². The van der Waals surface area contributed by atoms with Crippen molar-refractivity contribution >= 4 is 0 Å². The van der Waals surface area contributed by atoms with Crippen molar-refractivity contribution in [3.63, 3.8) is 0 Å². The number of hydrogen-bond acceptors (Lipinski definition) is 1. The Bertz CT molecular complexity index is 572. The summed E-state index contributed by atoms with van der Waals surface area (Å²) in [4.78, 5) is 0. The average molecular weight is 237 g/mol. The minimum absolute atomic E-state index is 0.356. The number of fused-ring (bicyclic) bond motifs is 1. The van der Waals surface area contributed by atoms with Gasteiger partial charge in [0.1, 0.15) is 0 Å². The summed E-state index contributed by atoms with van der Waals surface area (Å²) < 4.78 is 0. The van der Waals surface area contributed by atoms with Crippen molar-refractivity contribution in [3.05, 3.63) is 70.3 Å². The Morgan fingerprint density at radius 3 is 2.67 bits per heavy atom. The first-order valence-electron chi connectivity index (χ1n) is 6.64. The molecule has 2 aromatic rings. The molecule has 1 aliphatic heterocycles. The Labute approximate surface area is 109 Å². The van der Waals surface area contributed by atoms with Crippen LogP contribution in [0.1, 0.15) is 33.9 Å². The van der Waals surface area contributed by atoms with E-state index in [1.165, 1.54) is 27.8 Å². The maximum atomic E-state index is 3.64. The zero-order valence-corrected chi connectivity index (χ0v) is 11.0. The molecule has 3 rings (SSSR count). The van der Waals surface area contributed by atoms with Crippen molar-refractivity contribution in [2.24, 2.45) is 0 Å². The Morgan fingerprint density at radius 2 is 1.83 bits per heavy atom. The van der Waals surface area contributed by atoms with E-state index in [4.69, 9.17) is 0 Å². The molecule has 1 N–H and O–H groups in total. The molecule has 1 nitrogen and oxygen atoms in total. The van der Waals surface area contributed by atoms with Crippen molar-refractivity contribution in [3.8, 4) is 0 Å². The highest BCUT2D eigenvalue weighted by Crippen LogP contribution is 2.29. The van der Waals surface area contributed by atoms with E-state index in [9.17, 15) is 0 Å². The molecule has 1 heterocycles. The first-order valence-corrected chi connectivity index (χ1v) is 6.64. The lowest BCUT2D eigenvalue weighted by molar-refractivity contribution is 0.567. The average Bonchev–Trinajstić information content (AvgIpc) is 2.41. The molecule has 2 aromatic carbocycles. The quantitative estimate of drug-likeness (QED) is 0.800. The molecule has 0 amide bonds. The highest BCUT2D eigenvalue weighted by molar-refractivity contribution is 5.41. The maximum Gasteiger partial charge on any atom is 0.0579 e. The molecule has 1 unspecified atom stereocenters. The van der Waals surface area contributed by atoms with Crippen molar-refractivity contribution in [2.75, 3.05) is 6.54 Å². The number of hydrogen-bond donors (Lipinski definition) is 1. The third kappa shape index (κ3) is 1.95. The second kappa shape index (κ2) is 4.58. The van der Waals surface area contributed by atoms with Crippen LogP contribution in [0.2, 0.25) is 0 Å². The maximum absolute atomic E-state index is 3.64. The fourth-order valence-corrected chi connectivity index (χ4v) is 2.75. The van der Waals surface area contributed by atoms with Gasteiger partial charge in [0.2, 0.25) is 0 Å². The molecule has 0 fully saturated rings. The molecule has 18 heavy (non-hydrogen) atoms. The van der Waals surface area contributed by atoms with Crippen LogP contribution in [0.15, 0.2) is 42.5 Å². The summed E-state index contributed by atoms with van der Waals surface area (Å²) in [5, 5.41) is 3.64. The summed E-state index contributed by atoms with van der Waals surface area (Å²) in [5.74, 6) is 0. The fourth-order valence-electron chi connectivity index (χ4n) is 2.75. The molecule has 0 bridgehead atoms. The molecule has 0 saturated carbocycles. The van der Waals surface area contributed by atoms with Crippen LogP contribution in [0, 0.1) is 13.8 Å². The lowest BCUT2D eigenvalue weighted by Crippen LogP contribution is -2.30. The van der Waals surface area contributed by atoms with Gasteiger partial charge in [0.25, 0.3) is 0 Å². The Balaban J connectivity index is 2.05. The topological polar surface area (TPSA) is 12.0 Å². The molecule has 0 saturated heterocycles. The van der Waals surface area contributed by atoms with Gasteiger partial charge in [-0.25, -0.2) is 0 Å². The summed E-state index contributed by atoms with van der Waals surface area (Å²) in [5.41, 5.74) is 7.04. The van der Waals surface area contributed by atoms with Gasteiger partial charge in [0.05, 0.1) is 6.04 Å². The second-order valence-corrected chi connectivity index (χ2v) is 5.18. The summed E-state index contributed by atoms with van der Waals surface area (Å²) in [6.07, 6.45) is 1.14. The first-order chi connectivity index (χ1) is 8.75. The van der Waals surface area contributed by atoms with Gasteiger partial charge in [-0.15, -0.1) is 0 Å². The molecule has 1 heteroatoms. The van der Waals surface area contributed by atoms with Crippen molar-refractivity contribution in [1.29, 1.82) is 0 Å².